The molecular formula is C10H18O2S2. The summed E-state index contributed by atoms with van der Waals surface area (Å²) in [6, 6.07) is 0. The van der Waals surface area contributed by atoms with Crippen LogP contribution >= 0.6 is 23.5 Å². The molecule has 0 spiro atoms. The molecule has 0 radical (unpaired) electrons. The first-order valence-electron chi connectivity index (χ1n) is 4.93. The quantitative estimate of drug-likeness (QED) is 0.701. The molecule has 0 bridgehead atoms. The molecule has 0 N–H and O–H groups in total. The average Bonchev–Trinajstić information content (AvgIpc) is 2.19. The number of hydrogen-bond acceptors (Lipinski definition) is 4. The highest BCUT2D eigenvalue weighted by molar-refractivity contribution is 8.16. The Balaban J connectivity index is 2.39. The van der Waals surface area contributed by atoms with Crippen LogP contribution in [0.4, 0.5) is 0 Å². The van der Waals surface area contributed by atoms with Gasteiger partial charge in [-0.3, -0.25) is 4.79 Å². The van der Waals surface area contributed by atoms with Gasteiger partial charge in [-0.1, -0.05) is 6.92 Å². The van der Waals surface area contributed by atoms with Crippen LogP contribution in [0.2, 0.25) is 0 Å². The maximum absolute atomic E-state index is 11.7. The zero-order chi connectivity index (χ0) is 10.6. The Labute approximate surface area is 94.5 Å². The Kier molecular flexibility index (Phi) is 4.64. The van der Waals surface area contributed by atoms with E-state index in [1.807, 2.05) is 44.3 Å². The molecule has 0 aliphatic carbocycles. The van der Waals surface area contributed by atoms with Crippen LogP contribution in [0, 0.1) is 5.41 Å². The zero-order valence-electron chi connectivity index (χ0n) is 9.04. The van der Waals surface area contributed by atoms with Crippen LogP contribution in [-0.2, 0) is 9.53 Å². The largest absolute Gasteiger partial charge is 0.460 e. The van der Waals surface area contributed by atoms with E-state index < -0.39 is 0 Å². The van der Waals surface area contributed by atoms with Gasteiger partial charge >= 0.3 is 5.97 Å². The standard InChI is InChI=1S/C10H18O2S2/c1-4-10(2,3)9(11)12-8-5-13-7-14-6-8/h8H,4-7H2,1-3H3. The molecule has 2 nitrogen and oxygen atoms in total. The van der Waals surface area contributed by atoms with E-state index in [9.17, 15) is 4.79 Å². The Bertz CT molecular complexity index is 198. The van der Waals surface area contributed by atoms with Gasteiger partial charge < -0.3 is 4.74 Å². The van der Waals surface area contributed by atoms with Crippen LogP contribution in [0.15, 0.2) is 0 Å². The first-order valence-corrected chi connectivity index (χ1v) is 7.24. The molecule has 14 heavy (non-hydrogen) atoms. The van der Waals surface area contributed by atoms with E-state index in [0.29, 0.717) is 0 Å². The van der Waals surface area contributed by atoms with Crippen LogP contribution in [0.25, 0.3) is 0 Å². The summed E-state index contributed by atoms with van der Waals surface area (Å²) in [4.78, 5) is 11.7. The minimum absolute atomic E-state index is 0.0481. The highest BCUT2D eigenvalue weighted by atomic mass is 32.2. The smallest absolute Gasteiger partial charge is 0.311 e. The fraction of sp³-hybridized carbons (Fsp3) is 0.900. The molecule has 4 heteroatoms. The van der Waals surface area contributed by atoms with Crippen molar-refractivity contribution >= 4 is 29.5 Å². The van der Waals surface area contributed by atoms with Crippen molar-refractivity contribution in [1.29, 1.82) is 0 Å². The lowest BCUT2D eigenvalue weighted by molar-refractivity contribution is -0.157. The van der Waals surface area contributed by atoms with E-state index in [-0.39, 0.29) is 17.5 Å². The zero-order valence-corrected chi connectivity index (χ0v) is 10.7. The fourth-order valence-electron chi connectivity index (χ4n) is 0.989. The maximum atomic E-state index is 11.7. The first kappa shape index (κ1) is 12.2. The number of esters is 1. The molecule has 0 aromatic heterocycles. The van der Waals surface area contributed by atoms with E-state index in [1.54, 1.807) is 0 Å². The first-order chi connectivity index (χ1) is 6.56. The van der Waals surface area contributed by atoms with Crippen LogP contribution < -0.4 is 0 Å². The molecule has 1 rings (SSSR count). The van der Waals surface area contributed by atoms with Crippen molar-refractivity contribution in [3.05, 3.63) is 0 Å². The number of carbonyl (C=O) groups is 1. The van der Waals surface area contributed by atoms with Crippen molar-refractivity contribution in [3.8, 4) is 0 Å². The fourth-order valence-corrected chi connectivity index (χ4v) is 3.28. The summed E-state index contributed by atoms with van der Waals surface area (Å²) in [5, 5.41) is 1.13. The summed E-state index contributed by atoms with van der Waals surface area (Å²) in [7, 11) is 0. The molecule has 1 fully saturated rings. The molecule has 0 saturated carbocycles. The summed E-state index contributed by atoms with van der Waals surface area (Å²) < 4.78 is 5.47. The minimum atomic E-state index is -0.327. The van der Waals surface area contributed by atoms with Gasteiger partial charge in [-0.2, -0.15) is 0 Å². The van der Waals surface area contributed by atoms with Crippen LogP contribution in [0.1, 0.15) is 27.2 Å². The van der Waals surface area contributed by atoms with Crippen LogP contribution in [-0.4, -0.2) is 28.7 Å². The van der Waals surface area contributed by atoms with Gasteiger partial charge in [0.15, 0.2) is 0 Å². The van der Waals surface area contributed by atoms with Gasteiger partial charge in [0.2, 0.25) is 0 Å². The molecule has 1 aliphatic heterocycles. The third kappa shape index (κ3) is 3.39. The van der Waals surface area contributed by atoms with Gasteiger partial charge in [-0.25, -0.2) is 0 Å². The van der Waals surface area contributed by atoms with Crippen molar-refractivity contribution in [3.63, 3.8) is 0 Å². The van der Waals surface area contributed by atoms with Crippen LogP contribution in [0.5, 0.6) is 0 Å². The Morgan fingerprint density at radius 3 is 2.50 bits per heavy atom. The molecule has 1 heterocycles. The van der Waals surface area contributed by atoms with Crippen molar-refractivity contribution in [1.82, 2.24) is 0 Å². The summed E-state index contributed by atoms with van der Waals surface area (Å²) >= 11 is 3.70. The van der Waals surface area contributed by atoms with Gasteiger partial charge in [0, 0.05) is 16.6 Å². The van der Waals surface area contributed by atoms with E-state index >= 15 is 0 Å². The molecule has 1 saturated heterocycles. The second kappa shape index (κ2) is 5.31. The SMILES string of the molecule is CCC(C)(C)C(=O)OC1CSCSC1. The van der Waals surface area contributed by atoms with Crippen molar-refractivity contribution in [2.24, 2.45) is 5.41 Å². The van der Waals surface area contributed by atoms with Crippen LogP contribution in [0.3, 0.4) is 0 Å². The van der Waals surface area contributed by atoms with E-state index in [1.165, 1.54) is 0 Å². The Morgan fingerprint density at radius 2 is 2.00 bits per heavy atom. The van der Waals surface area contributed by atoms with E-state index in [0.717, 1.165) is 23.0 Å². The second-order valence-electron chi connectivity index (χ2n) is 4.12. The number of ether oxygens (including phenoxy) is 1. The predicted molar refractivity (Wildman–Crippen MR) is 63.7 cm³/mol. The molecular weight excluding hydrogens is 216 g/mol. The Hall–Kier alpha value is 0.170. The highest BCUT2D eigenvalue weighted by Crippen LogP contribution is 2.27. The van der Waals surface area contributed by atoms with Gasteiger partial charge in [0.25, 0.3) is 0 Å². The Morgan fingerprint density at radius 1 is 1.43 bits per heavy atom. The third-order valence-electron chi connectivity index (χ3n) is 2.48. The predicted octanol–water partition coefficient (Wildman–Crippen LogP) is 2.77. The summed E-state index contributed by atoms with van der Waals surface area (Å²) in [5.74, 6) is 1.87. The average molecular weight is 234 g/mol. The summed E-state index contributed by atoms with van der Waals surface area (Å²) in [5.41, 5.74) is -0.327. The second-order valence-corrected chi connectivity index (χ2v) is 6.55. The van der Waals surface area contributed by atoms with Gasteiger partial charge in [0.05, 0.1) is 5.41 Å². The van der Waals surface area contributed by atoms with E-state index in [4.69, 9.17) is 4.74 Å². The molecule has 0 aromatic carbocycles. The topological polar surface area (TPSA) is 26.3 Å². The molecule has 0 unspecified atom stereocenters. The third-order valence-corrected chi connectivity index (χ3v) is 5.03. The number of hydrogen-bond donors (Lipinski definition) is 0. The number of thioether (sulfide) groups is 2. The van der Waals surface area contributed by atoms with Gasteiger partial charge in [0.1, 0.15) is 6.10 Å². The highest BCUT2D eigenvalue weighted by Gasteiger charge is 2.30. The van der Waals surface area contributed by atoms with E-state index in [2.05, 4.69) is 0 Å². The summed E-state index contributed by atoms with van der Waals surface area (Å²) in [6.07, 6.45) is 0.954. The molecule has 1 aliphatic rings. The molecule has 0 amide bonds. The number of rotatable bonds is 3. The lowest BCUT2D eigenvalue weighted by Crippen LogP contribution is -2.33. The molecule has 82 valence electrons. The van der Waals surface area contributed by atoms with Crippen molar-refractivity contribution < 1.29 is 9.53 Å². The van der Waals surface area contributed by atoms with Gasteiger partial charge in [-0.05, 0) is 20.3 Å². The summed E-state index contributed by atoms with van der Waals surface area (Å²) in [6.45, 7) is 5.91. The van der Waals surface area contributed by atoms with Gasteiger partial charge in [-0.15, -0.1) is 23.5 Å². The maximum Gasteiger partial charge on any atom is 0.311 e. The van der Waals surface area contributed by atoms with Crippen molar-refractivity contribution in [2.45, 2.75) is 33.3 Å². The lowest BCUT2D eigenvalue weighted by atomic mass is 9.91. The monoisotopic (exact) mass is 234 g/mol. The normalized spacial score (nSPS) is 19.4. The van der Waals surface area contributed by atoms with Crippen molar-refractivity contribution in [2.75, 3.05) is 16.6 Å². The molecule has 0 aromatic rings. The lowest BCUT2D eigenvalue weighted by Gasteiger charge is -2.26. The molecule has 0 atom stereocenters. The number of carbonyl (C=O) groups excluding carboxylic acids is 1. The minimum Gasteiger partial charge on any atom is -0.460 e.